The van der Waals surface area contributed by atoms with E-state index in [1.54, 1.807) is 0 Å². The number of hydrogen-bond acceptors (Lipinski definition) is 5. The number of esters is 1. The molecule has 7 heteroatoms. The van der Waals surface area contributed by atoms with Crippen LogP contribution >= 0.6 is 11.8 Å². The number of thioether (sulfide) groups is 1. The lowest BCUT2D eigenvalue weighted by Crippen LogP contribution is -2.49. The van der Waals surface area contributed by atoms with Crippen LogP contribution in [0.5, 0.6) is 0 Å². The first-order chi connectivity index (χ1) is 12.1. The number of ether oxygens (including phenoxy) is 2. The summed E-state index contributed by atoms with van der Waals surface area (Å²) in [5.74, 6) is 0.805. The van der Waals surface area contributed by atoms with E-state index in [0.717, 1.165) is 64.5 Å². The lowest BCUT2D eigenvalue weighted by atomic mass is 9.98. The normalized spacial score (nSPS) is 24.0. The van der Waals surface area contributed by atoms with Crippen LogP contribution in [0.15, 0.2) is 4.99 Å². The molecule has 1 atom stereocenters. The largest absolute Gasteiger partial charge is 0.466 e. The van der Waals surface area contributed by atoms with E-state index in [1.807, 2.05) is 18.7 Å². The molecule has 2 heterocycles. The highest BCUT2D eigenvalue weighted by atomic mass is 32.2. The fraction of sp³-hybridized carbons (Fsp3) is 0.889. The van der Waals surface area contributed by atoms with E-state index >= 15 is 0 Å². The fourth-order valence-electron chi connectivity index (χ4n) is 3.44. The number of guanidine groups is 1. The van der Waals surface area contributed by atoms with E-state index in [4.69, 9.17) is 14.5 Å². The third-order valence-corrected chi connectivity index (χ3v) is 6.43. The summed E-state index contributed by atoms with van der Waals surface area (Å²) in [7, 11) is 0. The summed E-state index contributed by atoms with van der Waals surface area (Å²) in [5, 5.41) is 3.41. The molecule has 25 heavy (non-hydrogen) atoms. The molecule has 1 unspecified atom stereocenters. The summed E-state index contributed by atoms with van der Waals surface area (Å²) in [6, 6.07) is 0. The van der Waals surface area contributed by atoms with Gasteiger partial charge in [0.05, 0.1) is 19.1 Å². The van der Waals surface area contributed by atoms with Crippen molar-refractivity contribution in [1.82, 2.24) is 10.2 Å². The minimum atomic E-state index is -0.0759. The van der Waals surface area contributed by atoms with Crippen molar-refractivity contribution in [1.29, 1.82) is 0 Å². The maximum Gasteiger partial charge on any atom is 0.310 e. The summed E-state index contributed by atoms with van der Waals surface area (Å²) >= 11 is 1.90. The summed E-state index contributed by atoms with van der Waals surface area (Å²) in [5.41, 5.74) is 0. The molecule has 2 aliphatic rings. The van der Waals surface area contributed by atoms with E-state index in [1.165, 1.54) is 0 Å². The first kappa shape index (κ1) is 20.4. The third-order valence-electron chi connectivity index (χ3n) is 5.03. The van der Waals surface area contributed by atoms with Crippen LogP contribution in [0.3, 0.4) is 0 Å². The standard InChI is InChI=1S/C18H33N3O3S/c1-4-19-17(20-14-18(25-3)8-11-23-12-9-18)21-10-6-7-15(13-21)16(22)24-5-2/h15H,4-14H2,1-3H3,(H,19,20). The molecule has 0 saturated carbocycles. The van der Waals surface area contributed by atoms with Gasteiger partial charge in [-0.25, -0.2) is 0 Å². The topological polar surface area (TPSA) is 63.2 Å². The number of rotatable bonds is 6. The minimum absolute atomic E-state index is 0.0462. The molecular weight excluding hydrogens is 338 g/mol. The van der Waals surface area contributed by atoms with E-state index in [0.29, 0.717) is 13.2 Å². The Bertz CT molecular complexity index is 453. The van der Waals surface area contributed by atoms with Crippen molar-refractivity contribution in [3.8, 4) is 0 Å². The van der Waals surface area contributed by atoms with Gasteiger partial charge in [0.2, 0.25) is 0 Å². The van der Waals surface area contributed by atoms with Gasteiger partial charge in [-0.05, 0) is 45.8 Å². The van der Waals surface area contributed by atoms with Gasteiger partial charge < -0.3 is 19.7 Å². The molecule has 0 radical (unpaired) electrons. The van der Waals surface area contributed by atoms with Gasteiger partial charge in [-0.15, -0.1) is 0 Å². The van der Waals surface area contributed by atoms with Crippen LogP contribution in [0, 0.1) is 5.92 Å². The molecule has 6 nitrogen and oxygen atoms in total. The molecular formula is C18H33N3O3S. The van der Waals surface area contributed by atoms with Gasteiger partial charge in [-0.3, -0.25) is 9.79 Å². The maximum absolute atomic E-state index is 12.1. The molecule has 2 fully saturated rings. The van der Waals surface area contributed by atoms with Crippen LogP contribution in [0.2, 0.25) is 0 Å². The average molecular weight is 372 g/mol. The monoisotopic (exact) mass is 371 g/mol. The zero-order valence-corrected chi connectivity index (χ0v) is 16.7. The summed E-state index contributed by atoms with van der Waals surface area (Å²) < 4.78 is 10.9. The lowest BCUT2D eigenvalue weighted by Gasteiger charge is -2.36. The predicted octanol–water partition coefficient (Wildman–Crippen LogP) is 2.14. The Hall–Kier alpha value is -0.950. The van der Waals surface area contributed by atoms with Gasteiger partial charge in [-0.2, -0.15) is 11.8 Å². The number of aliphatic imine (C=N–C) groups is 1. The fourth-order valence-corrected chi connectivity index (χ4v) is 4.21. The molecule has 0 bridgehead atoms. The van der Waals surface area contributed by atoms with Crippen LogP contribution in [-0.4, -0.2) is 73.8 Å². The number of carbonyl (C=O) groups excluding carboxylic acids is 1. The zero-order valence-electron chi connectivity index (χ0n) is 15.9. The molecule has 2 aliphatic heterocycles. The van der Waals surface area contributed by atoms with E-state index in [2.05, 4.69) is 23.4 Å². The van der Waals surface area contributed by atoms with Crippen molar-refractivity contribution in [3.05, 3.63) is 0 Å². The van der Waals surface area contributed by atoms with Gasteiger partial charge in [0.15, 0.2) is 5.96 Å². The molecule has 0 aromatic carbocycles. The molecule has 2 rings (SSSR count). The van der Waals surface area contributed by atoms with Gasteiger partial charge in [-0.1, -0.05) is 0 Å². The van der Waals surface area contributed by atoms with Crippen molar-refractivity contribution in [2.24, 2.45) is 10.9 Å². The average Bonchev–Trinajstić information content (AvgIpc) is 2.66. The Morgan fingerprint density at radius 3 is 2.80 bits per heavy atom. The van der Waals surface area contributed by atoms with E-state index < -0.39 is 0 Å². The highest BCUT2D eigenvalue weighted by molar-refractivity contribution is 8.00. The number of piperidine rings is 1. The molecule has 2 saturated heterocycles. The minimum Gasteiger partial charge on any atom is -0.466 e. The maximum atomic E-state index is 12.1. The summed E-state index contributed by atoms with van der Waals surface area (Å²) in [6.45, 7) is 9.29. The van der Waals surface area contributed by atoms with Crippen molar-refractivity contribution >= 4 is 23.7 Å². The Morgan fingerprint density at radius 2 is 2.16 bits per heavy atom. The van der Waals surface area contributed by atoms with Gasteiger partial charge in [0, 0.05) is 37.6 Å². The Kier molecular flexibility index (Phi) is 8.36. The Morgan fingerprint density at radius 1 is 1.40 bits per heavy atom. The molecule has 0 amide bonds. The Balaban J connectivity index is 2.03. The van der Waals surface area contributed by atoms with Crippen LogP contribution < -0.4 is 5.32 Å². The van der Waals surface area contributed by atoms with E-state index in [-0.39, 0.29) is 16.6 Å². The van der Waals surface area contributed by atoms with Crippen molar-refractivity contribution in [2.45, 2.75) is 44.3 Å². The van der Waals surface area contributed by atoms with Gasteiger partial charge in [0.1, 0.15) is 0 Å². The zero-order chi connectivity index (χ0) is 18.1. The summed E-state index contributed by atoms with van der Waals surface area (Å²) in [4.78, 5) is 19.3. The van der Waals surface area contributed by atoms with Crippen LogP contribution in [-0.2, 0) is 14.3 Å². The van der Waals surface area contributed by atoms with Gasteiger partial charge >= 0.3 is 5.97 Å². The number of hydrogen-bond donors (Lipinski definition) is 1. The molecule has 1 N–H and O–H groups in total. The summed E-state index contributed by atoms with van der Waals surface area (Å²) in [6.07, 6.45) is 6.16. The second kappa shape index (κ2) is 10.3. The van der Waals surface area contributed by atoms with Crippen molar-refractivity contribution in [2.75, 3.05) is 52.3 Å². The number of carbonyl (C=O) groups is 1. The van der Waals surface area contributed by atoms with Crippen LogP contribution in [0.1, 0.15) is 39.5 Å². The molecule has 0 spiro atoms. The van der Waals surface area contributed by atoms with Crippen molar-refractivity contribution < 1.29 is 14.3 Å². The Labute approximate surface area is 156 Å². The third kappa shape index (κ3) is 5.78. The predicted molar refractivity (Wildman–Crippen MR) is 103 cm³/mol. The SMILES string of the molecule is CCNC(=NCC1(SC)CCOCC1)N1CCCC(C(=O)OCC)C1. The lowest BCUT2D eigenvalue weighted by molar-refractivity contribution is -0.149. The second-order valence-electron chi connectivity index (χ2n) is 6.71. The first-order valence-corrected chi connectivity index (χ1v) is 10.7. The van der Waals surface area contributed by atoms with Crippen LogP contribution in [0.25, 0.3) is 0 Å². The van der Waals surface area contributed by atoms with Gasteiger partial charge in [0.25, 0.3) is 0 Å². The molecule has 144 valence electrons. The molecule has 0 aromatic rings. The first-order valence-electron chi connectivity index (χ1n) is 9.47. The highest BCUT2D eigenvalue weighted by Gasteiger charge is 2.33. The van der Waals surface area contributed by atoms with Crippen molar-refractivity contribution in [3.63, 3.8) is 0 Å². The quantitative estimate of drug-likeness (QED) is 0.438. The smallest absolute Gasteiger partial charge is 0.310 e. The van der Waals surface area contributed by atoms with E-state index in [9.17, 15) is 4.79 Å². The molecule has 0 aliphatic carbocycles. The highest BCUT2D eigenvalue weighted by Crippen LogP contribution is 2.34. The number of likely N-dealkylation sites (tertiary alicyclic amines) is 1. The molecule has 0 aromatic heterocycles. The number of nitrogens with zero attached hydrogens (tertiary/aromatic N) is 2. The van der Waals surface area contributed by atoms with Crippen LogP contribution in [0.4, 0.5) is 0 Å². The number of nitrogens with one attached hydrogen (secondary N) is 1. The second-order valence-corrected chi connectivity index (χ2v) is 7.98.